The van der Waals surface area contributed by atoms with Crippen molar-refractivity contribution < 1.29 is 9.26 Å². The Kier molecular flexibility index (Phi) is 2.47. The third-order valence-corrected chi connectivity index (χ3v) is 3.47. The van der Waals surface area contributed by atoms with Crippen LogP contribution in [0.1, 0.15) is 16.8 Å². The number of hydrogen-bond acceptors (Lipinski definition) is 4. The summed E-state index contributed by atoms with van der Waals surface area (Å²) in [5.74, 6) is 1.42. The van der Waals surface area contributed by atoms with Gasteiger partial charge in [0.1, 0.15) is 0 Å². The number of nitrogens with zero attached hydrogens (tertiary/aromatic N) is 3. The Morgan fingerprint density at radius 2 is 2.05 bits per heavy atom. The van der Waals surface area contributed by atoms with Gasteiger partial charge in [0.2, 0.25) is 5.76 Å². The van der Waals surface area contributed by atoms with Gasteiger partial charge in [-0.15, -0.1) is 0 Å². The van der Waals surface area contributed by atoms with Crippen LogP contribution in [-0.4, -0.2) is 14.7 Å². The molecule has 0 aliphatic carbocycles. The van der Waals surface area contributed by atoms with Gasteiger partial charge in [0.05, 0.1) is 18.9 Å². The van der Waals surface area contributed by atoms with Crippen molar-refractivity contribution in [2.75, 3.05) is 0 Å². The van der Waals surface area contributed by atoms with Crippen LogP contribution in [-0.2, 0) is 18.0 Å². The molecule has 5 nitrogen and oxygen atoms in total. The summed E-state index contributed by atoms with van der Waals surface area (Å²) in [5.41, 5.74) is 4.38. The molecule has 0 saturated carbocycles. The lowest BCUT2D eigenvalue weighted by Crippen LogP contribution is -1.97. The number of benzene rings is 1. The van der Waals surface area contributed by atoms with E-state index in [1.54, 1.807) is 6.20 Å². The molecular formula is C15H13N3O2. The zero-order valence-corrected chi connectivity index (χ0v) is 11.0. The fourth-order valence-corrected chi connectivity index (χ4v) is 2.47. The average Bonchev–Trinajstić information content (AvgIpc) is 3.17. The molecule has 0 amide bonds. The number of ether oxygens (including phenoxy) is 1. The highest BCUT2D eigenvalue weighted by Crippen LogP contribution is 2.26. The third kappa shape index (κ3) is 1.75. The minimum atomic E-state index is 0.671. The van der Waals surface area contributed by atoms with Gasteiger partial charge in [0.25, 0.3) is 0 Å². The first-order valence-corrected chi connectivity index (χ1v) is 6.48. The van der Waals surface area contributed by atoms with Gasteiger partial charge in [0.15, 0.2) is 5.82 Å². The molecule has 1 aromatic carbocycles. The van der Waals surface area contributed by atoms with Gasteiger partial charge < -0.3 is 9.26 Å². The molecule has 4 rings (SSSR count). The lowest BCUT2D eigenvalue weighted by Gasteiger charge is -2.07. The van der Waals surface area contributed by atoms with Crippen molar-refractivity contribution in [2.45, 2.75) is 20.1 Å². The highest BCUT2D eigenvalue weighted by atomic mass is 16.5. The van der Waals surface area contributed by atoms with Gasteiger partial charge in [-0.25, -0.2) is 4.98 Å². The number of rotatable bonds is 2. The van der Waals surface area contributed by atoms with E-state index < -0.39 is 0 Å². The summed E-state index contributed by atoms with van der Waals surface area (Å²) >= 11 is 0. The molecule has 0 N–H and O–H groups in total. The summed E-state index contributed by atoms with van der Waals surface area (Å²) in [6.07, 6.45) is 3.68. The standard InChI is InChI=1S/C15H13N3O2/c1-10-6-14(20-17-10)15-16-4-5-18(15)13-3-2-11-8-19-9-12(11)7-13/h2-7H,8-9H2,1H3. The smallest absolute Gasteiger partial charge is 0.202 e. The molecule has 20 heavy (non-hydrogen) atoms. The van der Waals surface area contributed by atoms with Crippen molar-refractivity contribution in [2.24, 2.45) is 0 Å². The summed E-state index contributed by atoms with van der Waals surface area (Å²) in [5, 5.41) is 3.92. The van der Waals surface area contributed by atoms with E-state index in [1.807, 2.05) is 23.8 Å². The summed E-state index contributed by atoms with van der Waals surface area (Å²) in [7, 11) is 0. The molecule has 3 aromatic rings. The molecule has 3 heterocycles. The van der Waals surface area contributed by atoms with Gasteiger partial charge in [0, 0.05) is 24.1 Å². The fraction of sp³-hybridized carbons (Fsp3) is 0.200. The Balaban J connectivity index is 1.82. The highest BCUT2D eigenvalue weighted by molar-refractivity contribution is 5.53. The van der Waals surface area contributed by atoms with E-state index in [-0.39, 0.29) is 0 Å². The third-order valence-electron chi connectivity index (χ3n) is 3.47. The summed E-state index contributed by atoms with van der Waals surface area (Å²) in [4.78, 5) is 4.37. The minimum absolute atomic E-state index is 0.671. The lowest BCUT2D eigenvalue weighted by atomic mass is 10.1. The van der Waals surface area contributed by atoms with Crippen LogP contribution in [0, 0.1) is 6.92 Å². The second kappa shape index (κ2) is 4.31. The average molecular weight is 267 g/mol. The van der Waals surface area contributed by atoms with Gasteiger partial charge in [-0.2, -0.15) is 0 Å². The highest BCUT2D eigenvalue weighted by Gasteiger charge is 2.15. The van der Waals surface area contributed by atoms with Crippen molar-refractivity contribution in [3.8, 4) is 17.3 Å². The largest absolute Gasteiger partial charge is 0.372 e. The van der Waals surface area contributed by atoms with Gasteiger partial charge in [-0.1, -0.05) is 11.2 Å². The fourth-order valence-electron chi connectivity index (χ4n) is 2.47. The SMILES string of the molecule is Cc1cc(-c2nccn2-c2ccc3c(c2)COC3)on1. The molecule has 1 aliphatic heterocycles. The molecule has 0 spiro atoms. The number of fused-ring (bicyclic) bond motifs is 1. The monoisotopic (exact) mass is 267 g/mol. The van der Waals surface area contributed by atoms with Crippen LogP contribution in [0.15, 0.2) is 41.2 Å². The van der Waals surface area contributed by atoms with E-state index in [2.05, 4.69) is 28.3 Å². The topological polar surface area (TPSA) is 53.1 Å². The Morgan fingerprint density at radius 3 is 2.90 bits per heavy atom. The molecular weight excluding hydrogens is 254 g/mol. The Morgan fingerprint density at radius 1 is 1.15 bits per heavy atom. The van der Waals surface area contributed by atoms with Gasteiger partial charge in [-0.3, -0.25) is 4.57 Å². The van der Waals surface area contributed by atoms with Gasteiger partial charge in [-0.05, 0) is 30.2 Å². The van der Waals surface area contributed by atoms with E-state index in [4.69, 9.17) is 9.26 Å². The van der Waals surface area contributed by atoms with Crippen LogP contribution < -0.4 is 0 Å². The predicted octanol–water partition coefficient (Wildman–Crippen LogP) is 2.87. The van der Waals surface area contributed by atoms with Crippen molar-refractivity contribution in [1.82, 2.24) is 14.7 Å². The van der Waals surface area contributed by atoms with Crippen LogP contribution in [0.2, 0.25) is 0 Å². The van der Waals surface area contributed by atoms with E-state index in [9.17, 15) is 0 Å². The van der Waals surface area contributed by atoms with Crippen LogP contribution in [0.4, 0.5) is 0 Å². The summed E-state index contributed by atoms with van der Waals surface area (Å²) < 4.78 is 12.8. The number of imidazole rings is 1. The Bertz CT molecular complexity index is 773. The van der Waals surface area contributed by atoms with Crippen molar-refractivity contribution >= 4 is 0 Å². The Labute approximate surface area is 115 Å². The molecule has 2 aromatic heterocycles. The van der Waals surface area contributed by atoms with E-state index in [1.165, 1.54) is 11.1 Å². The molecule has 0 atom stereocenters. The van der Waals surface area contributed by atoms with Crippen LogP contribution >= 0.6 is 0 Å². The first-order valence-electron chi connectivity index (χ1n) is 6.48. The van der Waals surface area contributed by atoms with Crippen LogP contribution in [0.25, 0.3) is 17.3 Å². The maximum Gasteiger partial charge on any atom is 0.202 e. The molecule has 100 valence electrons. The van der Waals surface area contributed by atoms with E-state index in [0.29, 0.717) is 19.0 Å². The normalized spacial score (nSPS) is 13.7. The predicted molar refractivity (Wildman–Crippen MR) is 72.3 cm³/mol. The quantitative estimate of drug-likeness (QED) is 0.716. The van der Waals surface area contributed by atoms with Crippen molar-refractivity contribution in [3.63, 3.8) is 0 Å². The zero-order valence-electron chi connectivity index (χ0n) is 11.0. The van der Waals surface area contributed by atoms with Crippen molar-refractivity contribution in [1.29, 1.82) is 0 Å². The molecule has 0 unspecified atom stereocenters. The van der Waals surface area contributed by atoms with E-state index >= 15 is 0 Å². The minimum Gasteiger partial charge on any atom is -0.372 e. The first-order chi connectivity index (χ1) is 9.81. The second-order valence-corrected chi connectivity index (χ2v) is 4.90. The molecule has 0 bridgehead atoms. The number of aromatic nitrogens is 3. The molecule has 0 saturated heterocycles. The second-order valence-electron chi connectivity index (χ2n) is 4.90. The Hall–Kier alpha value is -2.40. The van der Waals surface area contributed by atoms with Crippen LogP contribution in [0.3, 0.4) is 0 Å². The lowest BCUT2D eigenvalue weighted by molar-refractivity contribution is 0.134. The first kappa shape index (κ1) is 11.4. The molecule has 0 fully saturated rings. The molecule has 5 heteroatoms. The van der Waals surface area contributed by atoms with Crippen molar-refractivity contribution in [3.05, 3.63) is 53.5 Å². The van der Waals surface area contributed by atoms with Gasteiger partial charge >= 0.3 is 0 Å². The maximum atomic E-state index is 5.45. The maximum absolute atomic E-state index is 5.45. The number of aryl methyl sites for hydroxylation is 1. The number of hydrogen-bond donors (Lipinski definition) is 0. The summed E-state index contributed by atoms with van der Waals surface area (Å²) in [6.45, 7) is 3.27. The zero-order chi connectivity index (χ0) is 13.5. The molecule has 1 aliphatic rings. The molecule has 0 radical (unpaired) electrons. The van der Waals surface area contributed by atoms with E-state index in [0.717, 1.165) is 17.2 Å². The summed E-state index contributed by atoms with van der Waals surface area (Å²) in [6, 6.07) is 8.20. The van der Waals surface area contributed by atoms with Crippen LogP contribution in [0.5, 0.6) is 0 Å².